The number of ketones is 1. The van der Waals surface area contributed by atoms with Crippen LogP contribution in [0.1, 0.15) is 10.4 Å². The van der Waals surface area contributed by atoms with E-state index in [-0.39, 0.29) is 5.78 Å². The van der Waals surface area contributed by atoms with Crippen molar-refractivity contribution in [3.63, 3.8) is 0 Å². The maximum absolute atomic E-state index is 12.3. The average Bonchev–Trinajstić information content (AvgIpc) is 3.06. The van der Waals surface area contributed by atoms with Crippen LogP contribution in [-0.2, 0) is 0 Å². The average molecular weight is 348 g/mol. The van der Waals surface area contributed by atoms with Crippen molar-refractivity contribution in [2.45, 2.75) is 5.16 Å². The predicted molar refractivity (Wildman–Crippen MR) is 102 cm³/mol. The van der Waals surface area contributed by atoms with Crippen LogP contribution in [0.4, 0.5) is 0 Å². The number of ether oxygens (including phenoxy) is 1. The molecule has 0 amide bonds. The number of aromatic nitrogens is 2. The van der Waals surface area contributed by atoms with Crippen LogP contribution in [0.2, 0.25) is 0 Å². The Hall–Kier alpha value is -2.79. The van der Waals surface area contributed by atoms with Gasteiger partial charge in [0.2, 0.25) is 0 Å². The number of rotatable bonds is 5. The lowest BCUT2D eigenvalue weighted by molar-refractivity contribution is 0.102. The van der Waals surface area contributed by atoms with Gasteiger partial charge in [0.1, 0.15) is 5.75 Å². The second-order valence-corrected chi connectivity index (χ2v) is 6.66. The number of hydrogen-bond donors (Lipinski definition) is 1. The number of Topliss-reactive ketones (excluding diaryl/α,β-unsaturated/α-hetero) is 1. The second kappa shape index (κ2) is 6.61. The number of imidazole rings is 1. The number of nitrogens with one attached hydrogen (secondary N) is 1. The van der Waals surface area contributed by atoms with E-state index in [9.17, 15) is 4.79 Å². The highest BCUT2D eigenvalue weighted by atomic mass is 32.2. The number of methoxy groups -OCH3 is 1. The quantitative estimate of drug-likeness (QED) is 0.419. The molecule has 4 aromatic rings. The van der Waals surface area contributed by atoms with Crippen LogP contribution in [-0.4, -0.2) is 28.6 Å². The Bertz CT molecular complexity index is 1000. The molecule has 1 aromatic heterocycles. The fourth-order valence-corrected chi connectivity index (χ4v) is 3.52. The summed E-state index contributed by atoms with van der Waals surface area (Å²) in [6, 6.07) is 19.5. The van der Waals surface area contributed by atoms with E-state index in [0.717, 1.165) is 27.3 Å². The van der Waals surface area contributed by atoms with Crippen LogP contribution >= 0.6 is 11.8 Å². The van der Waals surface area contributed by atoms with E-state index in [4.69, 9.17) is 4.74 Å². The first-order valence-corrected chi connectivity index (χ1v) is 8.90. The molecule has 0 aliphatic carbocycles. The van der Waals surface area contributed by atoms with Crippen LogP contribution in [0.3, 0.4) is 0 Å². The molecule has 1 heterocycles. The van der Waals surface area contributed by atoms with Gasteiger partial charge in [0, 0.05) is 5.56 Å². The maximum Gasteiger partial charge on any atom is 0.173 e. The van der Waals surface area contributed by atoms with Gasteiger partial charge in [0.15, 0.2) is 10.9 Å². The van der Waals surface area contributed by atoms with Gasteiger partial charge in [-0.15, -0.1) is 0 Å². The van der Waals surface area contributed by atoms with Gasteiger partial charge in [0.25, 0.3) is 0 Å². The minimum absolute atomic E-state index is 0.0678. The van der Waals surface area contributed by atoms with E-state index in [1.165, 1.54) is 17.1 Å². The summed E-state index contributed by atoms with van der Waals surface area (Å²) < 4.78 is 5.11. The predicted octanol–water partition coefficient (Wildman–Crippen LogP) is 4.70. The summed E-state index contributed by atoms with van der Waals surface area (Å²) in [5.41, 5.74) is 2.58. The third kappa shape index (κ3) is 3.23. The standard InChI is InChI=1S/C20H16N2O2S/c1-24-16-8-6-13(7-9-16)19(23)12-25-20-21-17-10-14-4-2-3-5-15(14)11-18(17)22-20/h2-11H,12H2,1H3,(H,21,22). The molecular formula is C20H16N2O2S. The fourth-order valence-electron chi connectivity index (χ4n) is 2.74. The molecule has 0 fully saturated rings. The number of carbonyl (C=O) groups excluding carboxylic acids is 1. The van der Waals surface area contributed by atoms with Gasteiger partial charge in [0.05, 0.1) is 23.9 Å². The van der Waals surface area contributed by atoms with Crippen molar-refractivity contribution in [2.75, 3.05) is 12.9 Å². The summed E-state index contributed by atoms with van der Waals surface area (Å²) in [6.07, 6.45) is 0. The summed E-state index contributed by atoms with van der Waals surface area (Å²) in [4.78, 5) is 20.2. The van der Waals surface area contributed by atoms with Crippen molar-refractivity contribution in [3.8, 4) is 5.75 Å². The zero-order valence-corrected chi connectivity index (χ0v) is 14.5. The zero-order chi connectivity index (χ0) is 17.2. The lowest BCUT2D eigenvalue weighted by Gasteiger charge is -2.02. The van der Waals surface area contributed by atoms with Gasteiger partial charge >= 0.3 is 0 Å². The van der Waals surface area contributed by atoms with Crippen LogP contribution in [0.5, 0.6) is 5.75 Å². The number of H-pyrrole nitrogens is 1. The molecule has 25 heavy (non-hydrogen) atoms. The molecule has 124 valence electrons. The summed E-state index contributed by atoms with van der Waals surface area (Å²) in [5.74, 6) is 1.15. The Morgan fingerprint density at radius 2 is 1.80 bits per heavy atom. The molecule has 0 bridgehead atoms. The van der Waals surface area contributed by atoms with Crippen LogP contribution in [0.25, 0.3) is 21.8 Å². The van der Waals surface area contributed by atoms with Gasteiger partial charge in [-0.2, -0.15) is 0 Å². The Balaban J connectivity index is 1.51. The minimum atomic E-state index is 0.0678. The molecule has 4 rings (SSSR count). The molecule has 4 nitrogen and oxygen atoms in total. The van der Waals surface area contributed by atoms with E-state index in [1.54, 1.807) is 31.4 Å². The molecule has 0 spiro atoms. The van der Waals surface area contributed by atoms with E-state index < -0.39 is 0 Å². The molecule has 5 heteroatoms. The number of thioether (sulfide) groups is 1. The van der Waals surface area contributed by atoms with Crippen molar-refractivity contribution in [1.82, 2.24) is 9.97 Å². The van der Waals surface area contributed by atoms with Gasteiger partial charge < -0.3 is 9.72 Å². The minimum Gasteiger partial charge on any atom is -0.497 e. The summed E-state index contributed by atoms with van der Waals surface area (Å²) in [5, 5.41) is 3.09. The monoisotopic (exact) mass is 348 g/mol. The Morgan fingerprint density at radius 1 is 1.08 bits per heavy atom. The lowest BCUT2D eigenvalue weighted by atomic mass is 10.1. The van der Waals surface area contributed by atoms with Crippen molar-refractivity contribution in [2.24, 2.45) is 0 Å². The zero-order valence-electron chi connectivity index (χ0n) is 13.7. The third-order valence-corrected chi connectivity index (χ3v) is 4.95. The molecule has 0 atom stereocenters. The highest BCUT2D eigenvalue weighted by Gasteiger charge is 2.10. The maximum atomic E-state index is 12.3. The molecule has 0 saturated heterocycles. The third-order valence-electron chi connectivity index (χ3n) is 4.08. The van der Waals surface area contributed by atoms with E-state index in [1.807, 2.05) is 12.1 Å². The number of fused-ring (bicyclic) bond motifs is 2. The summed E-state index contributed by atoms with van der Waals surface area (Å²) in [7, 11) is 1.61. The van der Waals surface area contributed by atoms with Crippen molar-refractivity contribution in [3.05, 3.63) is 66.2 Å². The Kier molecular flexibility index (Phi) is 4.15. The highest BCUT2D eigenvalue weighted by Crippen LogP contribution is 2.25. The normalized spacial score (nSPS) is 11.1. The molecule has 0 unspecified atom stereocenters. The van der Waals surface area contributed by atoms with Gasteiger partial charge in [-0.3, -0.25) is 4.79 Å². The van der Waals surface area contributed by atoms with E-state index in [2.05, 4.69) is 34.2 Å². The second-order valence-electron chi connectivity index (χ2n) is 5.70. The first-order chi connectivity index (χ1) is 12.2. The number of carbonyl (C=O) groups is 1. The van der Waals surface area contributed by atoms with E-state index in [0.29, 0.717) is 11.3 Å². The Morgan fingerprint density at radius 3 is 2.52 bits per heavy atom. The van der Waals surface area contributed by atoms with Crippen molar-refractivity contribution >= 4 is 39.4 Å². The fraction of sp³-hybridized carbons (Fsp3) is 0.100. The number of hydrogen-bond acceptors (Lipinski definition) is 4. The largest absolute Gasteiger partial charge is 0.497 e. The molecule has 3 aromatic carbocycles. The first kappa shape index (κ1) is 15.7. The Labute approximate surface area is 149 Å². The van der Waals surface area contributed by atoms with Gasteiger partial charge in [-0.1, -0.05) is 36.0 Å². The van der Waals surface area contributed by atoms with Crippen LogP contribution in [0, 0.1) is 0 Å². The molecular weight excluding hydrogens is 332 g/mol. The van der Waals surface area contributed by atoms with E-state index >= 15 is 0 Å². The first-order valence-electron chi connectivity index (χ1n) is 7.91. The summed E-state index contributed by atoms with van der Waals surface area (Å²) in [6.45, 7) is 0. The van der Waals surface area contributed by atoms with Crippen molar-refractivity contribution in [1.29, 1.82) is 0 Å². The number of aromatic amines is 1. The molecule has 0 saturated carbocycles. The number of nitrogens with zero attached hydrogens (tertiary/aromatic N) is 1. The lowest BCUT2D eigenvalue weighted by Crippen LogP contribution is -2.02. The van der Waals surface area contributed by atoms with Gasteiger partial charge in [-0.05, 0) is 47.2 Å². The molecule has 0 aliphatic heterocycles. The van der Waals surface area contributed by atoms with Gasteiger partial charge in [-0.25, -0.2) is 4.98 Å². The van der Waals surface area contributed by atoms with Crippen molar-refractivity contribution < 1.29 is 9.53 Å². The SMILES string of the molecule is COc1ccc(C(=O)CSc2nc3cc4ccccc4cc3[nH]2)cc1. The van der Waals surface area contributed by atoms with Crippen LogP contribution < -0.4 is 4.74 Å². The van der Waals surface area contributed by atoms with Crippen LogP contribution in [0.15, 0.2) is 65.8 Å². The molecule has 0 aliphatic rings. The highest BCUT2D eigenvalue weighted by molar-refractivity contribution is 7.99. The smallest absolute Gasteiger partial charge is 0.173 e. The summed E-state index contributed by atoms with van der Waals surface area (Å²) >= 11 is 1.42. The molecule has 0 radical (unpaired) electrons. The number of benzene rings is 3. The molecule has 1 N–H and O–H groups in total. The topological polar surface area (TPSA) is 55.0 Å².